The summed E-state index contributed by atoms with van der Waals surface area (Å²) in [5.41, 5.74) is -0.999. The largest absolute Gasteiger partial charge is 0.465 e. The molecule has 0 spiro atoms. The Labute approximate surface area is 113 Å². The second kappa shape index (κ2) is 5.43. The van der Waals surface area contributed by atoms with E-state index in [9.17, 15) is 14.4 Å². The van der Waals surface area contributed by atoms with Gasteiger partial charge in [-0.15, -0.1) is 0 Å². The molecule has 2 heterocycles. The maximum Gasteiger partial charge on any atom is 0.332 e. The van der Waals surface area contributed by atoms with Crippen LogP contribution in [0.4, 0.5) is 5.82 Å². The second-order valence-electron chi connectivity index (χ2n) is 4.11. The lowest BCUT2D eigenvalue weighted by Gasteiger charge is -2.08. The minimum absolute atomic E-state index is 0.132. The van der Waals surface area contributed by atoms with Gasteiger partial charge < -0.3 is 9.73 Å². The van der Waals surface area contributed by atoms with E-state index in [1.165, 1.54) is 43.1 Å². The van der Waals surface area contributed by atoms with Gasteiger partial charge in [0.2, 0.25) is 5.91 Å². The zero-order chi connectivity index (χ0) is 14.7. The molecule has 7 heteroatoms. The SMILES string of the molecule is Cn1c(NC(=O)/C=C/c2ccco2)cc(=O)n(C)c1=O. The van der Waals surface area contributed by atoms with Gasteiger partial charge in [-0.2, -0.15) is 0 Å². The quantitative estimate of drug-likeness (QED) is 0.818. The lowest BCUT2D eigenvalue weighted by atomic mass is 10.4. The number of aromatic nitrogens is 2. The number of amides is 1. The Bertz CT molecular complexity index is 766. The minimum atomic E-state index is -0.511. The van der Waals surface area contributed by atoms with Crippen LogP contribution < -0.4 is 16.6 Å². The standard InChI is InChI=1S/C13H13N3O4/c1-15-10(8-12(18)16(2)13(15)19)14-11(17)6-5-9-4-3-7-20-9/h3-8H,1-2H3,(H,14,17)/b6-5+. The van der Waals surface area contributed by atoms with Crippen molar-refractivity contribution >= 4 is 17.8 Å². The minimum Gasteiger partial charge on any atom is -0.465 e. The molecule has 2 aromatic heterocycles. The molecule has 1 amide bonds. The number of carbonyl (C=O) groups excluding carboxylic acids is 1. The molecule has 0 saturated carbocycles. The van der Waals surface area contributed by atoms with Gasteiger partial charge in [-0.1, -0.05) is 0 Å². The smallest absolute Gasteiger partial charge is 0.332 e. The second-order valence-corrected chi connectivity index (χ2v) is 4.11. The van der Waals surface area contributed by atoms with Gasteiger partial charge in [0.15, 0.2) is 0 Å². The Morgan fingerprint density at radius 2 is 2.05 bits per heavy atom. The van der Waals surface area contributed by atoms with E-state index in [1.54, 1.807) is 12.1 Å². The van der Waals surface area contributed by atoms with Crippen molar-refractivity contribution < 1.29 is 9.21 Å². The summed E-state index contributed by atoms with van der Waals surface area (Å²) in [4.78, 5) is 34.9. The molecule has 0 atom stereocenters. The van der Waals surface area contributed by atoms with Gasteiger partial charge in [0.25, 0.3) is 5.56 Å². The molecule has 20 heavy (non-hydrogen) atoms. The lowest BCUT2D eigenvalue weighted by molar-refractivity contribution is -0.111. The molecule has 0 unspecified atom stereocenters. The predicted molar refractivity (Wildman–Crippen MR) is 73.3 cm³/mol. The molecule has 1 N–H and O–H groups in total. The van der Waals surface area contributed by atoms with Crippen LogP contribution in [0.3, 0.4) is 0 Å². The van der Waals surface area contributed by atoms with E-state index in [-0.39, 0.29) is 5.82 Å². The molecule has 0 saturated heterocycles. The van der Waals surface area contributed by atoms with E-state index in [1.807, 2.05) is 0 Å². The third kappa shape index (κ3) is 2.77. The number of hydrogen-bond acceptors (Lipinski definition) is 4. The molecule has 7 nitrogen and oxygen atoms in total. The van der Waals surface area contributed by atoms with Crippen molar-refractivity contribution in [3.63, 3.8) is 0 Å². The summed E-state index contributed by atoms with van der Waals surface area (Å²) in [6.07, 6.45) is 4.22. The van der Waals surface area contributed by atoms with Crippen molar-refractivity contribution in [2.45, 2.75) is 0 Å². The van der Waals surface area contributed by atoms with Gasteiger partial charge in [-0.3, -0.25) is 18.7 Å². The van der Waals surface area contributed by atoms with Gasteiger partial charge in [0.05, 0.1) is 6.26 Å². The molecular formula is C13H13N3O4. The van der Waals surface area contributed by atoms with Gasteiger partial charge in [0, 0.05) is 26.2 Å². The molecule has 2 rings (SSSR count). The normalized spacial score (nSPS) is 10.9. The number of nitrogens with zero attached hydrogens (tertiary/aromatic N) is 2. The Balaban J connectivity index is 2.21. The third-order valence-corrected chi connectivity index (χ3v) is 2.72. The van der Waals surface area contributed by atoms with Crippen LogP contribution in [0.25, 0.3) is 6.08 Å². The molecule has 104 valence electrons. The topological polar surface area (TPSA) is 86.2 Å². The lowest BCUT2D eigenvalue weighted by Crippen LogP contribution is -2.37. The average Bonchev–Trinajstić information content (AvgIpc) is 2.93. The van der Waals surface area contributed by atoms with Crippen molar-refractivity contribution in [1.82, 2.24) is 9.13 Å². The maximum absolute atomic E-state index is 11.7. The van der Waals surface area contributed by atoms with E-state index in [0.29, 0.717) is 5.76 Å². The fraction of sp³-hybridized carbons (Fsp3) is 0.154. The number of hydrogen-bond donors (Lipinski definition) is 1. The monoisotopic (exact) mass is 275 g/mol. The molecule has 0 radical (unpaired) electrons. The first-order valence-electron chi connectivity index (χ1n) is 5.78. The van der Waals surface area contributed by atoms with E-state index in [2.05, 4.69) is 5.32 Å². The van der Waals surface area contributed by atoms with E-state index >= 15 is 0 Å². The number of carbonyl (C=O) groups is 1. The van der Waals surface area contributed by atoms with Crippen LogP contribution in [-0.4, -0.2) is 15.0 Å². The highest BCUT2D eigenvalue weighted by Gasteiger charge is 2.07. The fourth-order valence-corrected chi connectivity index (χ4v) is 1.56. The van der Waals surface area contributed by atoms with Crippen molar-refractivity contribution in [1.29, 1.82) is 0 Å². The number of anilines is 1. The van der Waals surface area contributed by atoms with Crippen LogP contribution in [0.15, 0.2) is 44.5 Å². The van der Waals surface area contributed by atoms with Crippen LogP contribution in [-0.2, 0) is 18.9 Å². The summed E-state index contributed by atoms with van der Waals surface area (Å²) in [6, 6.07) is 4.57. The zero-order valence-electron chi connectivity index (χ0n) is 11.0. The van der Waals surface area contributed by atoms with E-state index in [0.717, 1.165) is 4.57 Å². The Kier molecular flexibility index (Phi) is 3.69. The summed E-state index contributed by atoms with van der Waals surface area (Å²) in [5.74, 6) is 0.190. The van der Waals surface area contributed by atoms with Crippen LogP contribution in [0, 0.1) is 0 Å². The van der Waals surface area contributed by atoms with Crippen LogP contribution in [0.5, 0.6) is 0 Å². The average molecular weight is 275 g/mol. The van der Waals surface area contributed by atoms with Gasteiger partial charge in [-0.25, -0.2) is 4.79 Å². The van der Waals surface area contributed by atoms with Crippen molar-refractivity contribution in [3.05, 3.63) is 57.1 Å². The Hall–Kier alpha value is -2.83. The summed E-state index contributed by atoms with van der Waals surface area (Å²) < 4.78 is 7.17. The first-order chi connectivity index (χ1) is 9.49. The predicted octanol–water partition coefficient (Wildman–Crippen LogP) is 0.329. The maximum atomic E-state index is 11.7. The van der Waals surface area contributed by atoms with Crippen LogP contribution in [0.1, 0.15) is 5.76 Å². The summed E-state index contributed by atoms with van der Waals surface area (Å²) >= 11 is 0. The summed E-state index contributed by atoms with van der Waals surface area (Å²) in [5, 5.41) is 2.46. The molecule has 0 aliphatic carbocycles. The van der Waals surface area contributed by atoms with Crippen LogP contribution in [0.2, 0.25) is 0 Å². The zero-order valence-corrected chi connectivity index (χ0v) is 11.0. The molecule has 0 aliphatic rings. The molecule has 2 aromatic rings. The highest BCUT2D eigenvalue weighted by Crippen LogP contribution is 2.03. The first kappa shape index (κ1) is 13.6. The highest BCUT2D eigenvalue weighted by atomic mass is 16.3. The Morgan fingerprint density at radius 1 is 1.30 bits per heavy atom. The van der Waals surface area contributed by atoms with Crippen molar-refractivity contribution in [3.8, 4) is 0 Å². The van der Waals surface area contributed by atoms with Crippen molar-refractivity contribution in [2.24, 2.45) is 14.1 Å². The molecule has 0 aromatic carbocycles. The number of furan rings is 1. The molecule has 0 bridgehead atoms. The van der Waals surface area contributed by atoms with Crippen molar-refractivity contribution in [2.75, 3.05) is 5.32 Å². The first-order valence-corrected chi connectivity index (χ1v) is 5.78. The number of nitrogens with one attached hydrogen (secondary N) is 1. The number of rotatable bonds is 3. The third-order valence-electron chi connectivity index (χ3n) is 2.72. The van der Waals surface area contributed by atoms with E-state index < -0.39 is 17.2 Å². The van der Waals surface area contributed by atoms with Gasteiger partial charge in [-0.05, 0) is 18.2 Å². The molecule has 0 aliphatic heterocycles. The summed E-state index contributed by atoms with van der Waals surface area (Å²) in [6.45, 7) is 0. The van der Waals surface area contributed by atoms with Gasteiger partial charge in [0.1, 0.15) is 11.6 Å². The highest BCUT2D eigenvalue weighted by molar-refractivity contribution is 6.01. The van der Waals surface area contributed by atoms with E-state index in [4.69, 9.17) is 4.42 Å². The molecular weight excluding hydrogens is 262 g/mol. The van der Waals surface area contributed by atoms with Crippen LogP contribution >= 0.6 is 0 Å². The summed E-state index contributed by atoms with van der Waals surface area (Å²) in [7, 11) is 2.83. The molecule has 0 fully saturated rings. The fourth-order valence-electron chi connectivity index (χ4n) is 1.56. The Morgan fingerprint density at radius 3 is 2.70 bits per heavy atom. The van der Waals surface area contributed by atoms with Gasteiger partial charge >= 0.3 is 5.69 Å².